The van der Waals surface area contributed by atoms with Gasteiger partial charge in [0.2, 0.25) is 0 Å². The fraction of sp³-hybridized carbons (Fsp3) is 0.625. The van der Waals surface area contributed by atoms with Gasteiger partial charge in [-0.3, -0.25) is 0 Å². The van der Waals surface area contributed by atoms with Gasteiger partial charge in [-0.25, -0.2) is 4.39 Å². The van der Waals surface area contributed by atoms with E-state index in [0.29, 0.717) is 12.6 Å². The molecule has 0 aromatic heterocycles. The number of benzene rings is 1. The van der Waals surface area contributed by atoms with Gasteiger partial charge in [0, 0.05) is 22.6 Å². The van der Waals surface area contributed by atoms with E-state index in [-0.39, 0.29) is 5.82 Å². The van der Waals surface area contributed by atoms with Crippen LogP contribution in [0.4, 0.5) is 4.39 Å². The van der Waals surface area contributed by atoms with E-state index in [4.69, 9.17) is 0 Å². The molecule has 0 saturated heterocycles. The molecule has 106 valence electrons. The van der Waals surface area contributed by atoms with Crippen molar-refractivity contribution >= 4 is 15.9 Å². The topological polar surface area (TPSA) is 12.0 Å². The molecule has 0 amide bonds. The summed E-state index contributed by atoms with van der Waals surface area (Å²) in [4.78, 5) is 0. The lowest BCUT2D eigenvalue weighted by molar-refractivity contribution is 0.277. The highest BCUT2D eigenvalue weighted by atomic mass is 79.9. The standard InChI is InChI=1S/C16H23BrFN/c1-2-3-12-4-7-15(8-5-12)19-11-13-10-14(17)6-9-16(13)18/h6,9-10,12,15,19H,2-5,7-8,11H2,1H3. The fourth-order valence-electron chi connectivity index (χ4n) is 3.00. The zero-order valence-electron chi connectivity index (χ0n) is 11.6. The first-order valence-electron chi connectivity index (χ1n) is 7.36. The summed E-state index contributed by atoms with van der Waals surface area (Å²) in [6.45, 7) is 2.90. The first-order chi connectivity index (χ1) is 9.19. The van der Waals surface area contributed by atoms with Gasteiger partial charge in [0.15, 0.2) is 0 Å². The maximum Gasteiger partial charge on any atom is 0.127 e. The molecule has 1 N–H and O–H groups in total. The van der Waals surface area contributed by atoms with E-state index in [9.17, 15) is 4.39 Å². The summed E-state index contributed by atoms with van der Waals surface area (Å²) in [5, 5.41) is 3.51. The summed E-state index contributed by atoms with van der Waals surface area (Å²) in [7, 11) is 0. The van der Waals surface area contributed by atoms with Crippen LogP contribution in [0.3, 0.4) is 0 Å². The molecule has 0 unspecified atom stereocenters. The average Bonchev–Trinajstić information content (AvgIpc) is 2.42. The Morgan fingerprint density at radius 2 is 2.00 bits per heavy atom. The lowest BCUT2D eigenvalue weighted by atomic mass is 9.83. The predicted octanol–water partition coefficient (Wildman–Crippen LogP) is 5.04. The number of nitrogens with one attached hydrogen (secondary N) is 1. The smallest absolute Gasteiger partial charge is 0.127 e. The van der Waals surface area contributed by atoms with E-state index in [1.165, 1.54) is 44.6 Å². The van der Waals surface area contributed by atoms with Crippen molar-refractivity contribution in [2.75, 3.05) is 0 Å². The highest BCUT2D eigenvalue weighted by molar-refractivity contribution is 9.10. The molecule has 3 heteroatoms. The van der Waals surface area contributed by atoms with Crippen LogP contribution in [-0.2, 0) is 6.54 Å². The zero-order valence-corrected chi connectivity index (χ0v) is 13.2. The van der Waals surface area contributed by atoms with Gasteiger partial charge in [-0.1, -0.05) is 35.7 Å². The third kappa shape index (κ3) is 4.57. The average molecular weight is 328 g/mol. The maximum absolute atomic E-state index is 13.6. The Kier molecular flexibility index (Phi) is 5.83. The summed E-state index contributed by atoms with van der Waals surface area (Å²) >= 11 is 3.39. The zero-order chi connectivity index (χ0) is 13.7. The molecule has 1 aromatic carbocycles. The van der Waals surface area contributed by atoms with Gasteiger partial charge in [0.25, 0.3) is 0 Å². The second-order valence-electron chi connectivity index (χ2n) is 5.62. The molecule has 1 aliphatic rings. The van der Waals surface area contributed by atoms with Crippen LogP contribution in [0.25, 0.3) is 0 Å². The first kappa shape index (κ1) is 15.0. The van der Waals surface area contributed by atoms with Gasteiger partial charge < -0.3 is 5.32 Å². The van der Waals surface area contributed by atoms with E-state index in [1.54, 1.807) is 6.07 Å². The van der Waals surface area contributed by atoms with Crippen LogP contribution >= 0.6 is 15.9 Å². The molecule has 0 heterocycles. The monoisotopic (exact) mass is 327 g/mol. The lowest BCUT2D eigenvalue weighted by Gasteiger charge is -2.29. The molecule has 0 atom stereocenters. The number of halogens is 2. The van der Waals surface area contributed by atoms with E-state index in [0.717, 1.165) is 16.0 Å². The fourth-order valence-corrected chi connectivity index (χ4v) is 3.41. The number of rotatable bonds is 5. The normalized spacial score (nSPS) is 23.5. The minimum Gasteiger partial charge on any atom is -0.310 e. The Balaban J connectivity index is 1.79. The molecular formula is C16H23BrFN. The number of hydrogen-bond donors (Lipinski definition) is 1. The Morgan fingerprint density at radius 1 is 1.26 bits per heavy atom. The van der Waals surface area contributed by atoms with Gasteiger partial charge in [-0.2, -0.15) is 0 Å². The van der Waals surface area contributed by atoms with Gasteiger partial charge in [0.05, 0.1) is 0 Å². The Hall–Kier alpha value is -0.410. The second-order valence-corrected chi connectivity index (χ2v) is 6.54. The molecular weight excluding hydrogens is 305 g/mol. The molecule has 1 saturated carbocycles. The summed E-state index contributed by atoms with van der Waals surface area (Å²) in [6.07, 6.45) is 7.79. The molecule has 1 aromatic rings. The van der Waals surface area contributed by atoms with Crippen LogP contribution in [0.15, 0.2) is 22.7 Å². The Labute approximate surface area is 124 Å². The molecule has 0 radical (unpaired) electrons. The quantitative estimate of drug-likeness (QED) is 0.799. The minimum atomic E-state index is -0.115. The van der Waals surface area contributed by atoms with Crippen LogP contribution in [0.1, 0.15) is 51.0 Å². The maximum atomic E-state index is 13.6. The van der Waals surface area contributed by atoms with Crippen LogP contribution in [0, 0.1) is 11.7 Å². The molecule has 0 spiro atoms. The van der Waals surface area contributed by atoms with Crippen LogP contribution in [0.5, 0.6) is 0 Å². The first-order valence-corrected chi connectivity index (χ1v) is 8.15. The van der Waals surface area contributed by atoms with Crippen LogP contribution < -0.4 is 5.32 Å². The largest absolute Gasteiger partial charge is 0.310 e. The lowest BCUT2D eigenvalue weighted by Crippen LogP contribution is -2.33. The second kappa shape index (κ2) is 7.39. The summed E-state index contributed by atoms with van der Waals surface area (Å²) in [6, 6.07) is 5.70. The van der Waals surface area contributed by atoms with Gasteiger partial charge >= 0.3 is 0 Å². The molecule has 1 aliphatic carbocycles. The van der Waals surface area contributed by atoms with Gasteiger partial charge in [-0.15, -0.1) is 0 Å². The number of hydrogen-bond acceptors (Lipinski definition) is 1. The van der Waals surface area contributed by atoms with Crippen molar-refractivity contribution in [2.24, 2.45) is 5.92 Å². The molecule has 1 fully saturated rings. The van der Waals surface area contributed by atoms with Crippen molar-refractivity contribution in [3.8, 4) is 0 Å². The van der Waals surface area contributed by atoms with E-state index < -0.39 is 0 Å². The highest BCUT2D eigenvalue weighted by Crippen LogP contribution is 2.28. The predicted molar refractivity (Wildman–Crippen MR) is 81.6 cm³/mol. The highest BCUT2D eigenvalue weighted by Gasteiger charge is 2.20. The van der Waals surface area contributed by atoms with E-state index >= 15 is 0 Å². The van der Waals surface area contributed by atoms with Crippen LogP contribution in [0.2, 0.25) is 0 Å². The SMILES string of the molecule is CCCC1CCC(NCc2cc(Br)ccc2F)CC1. The molecule has 19 heavy (non-hydrogen) atoms. The van der Waals surface area contributed by atoms with Gasteiger partial charge in [-0.05, 0) is 49.8 Å². The van der Waals surface area contributed by atoms with Crippen molar-refractivity contribution in [2.45, 2.75) is 58.0 Å². The summed E-state index contributed by atoms with van der Waals surface area (Å²) in [5.41, 5.74) is 0.755. The van der Waals surface area contributed by atoms with Crippen molar-refractivity contribution in [1.82, 2.24) is 5.32 Å². The third-order valence-corrected chi connectivity index (χ3v) is 4.63. The van der Waals surface area contributed by atoms with Crippen molar-refractivity contribution in [3.63, 3.8) is 0 Å². The van der Waals surface area contributed by atoms with E-state index in [2.05, 4.69) is 28.2 Å². The van der Waals surface area contributed by atoms with Crippen molar-refractivity contribution in [3.05, 3.63) is 34.1 Å². The van der Waals surface area contributed by atoms with E-state index in [1.807, 2.05) is 6.07 Å². The van der Waals surface area contributed by atoms with Crippen molar-refractivity contribution in [1.29, 1.82) is 0 Å². The molecule has 0 bridgehead atoms. The Morgan fingerprint density at radius 3 is 2.68 bits per heavy atom. The third-order valence-electron chi connectivity index (χ3n) is 4.13. The molecule has 2 rings (SSSR count). The minimum absolute atomic E-state index is 0.115. The van der Waals surface area contributed by atoms with Crippen LogP contribution in [-0.4, -0.2) is 6.04 Å². The van der Waals surface area contributed by atoms with Gasteiger partial charge in [0.1, 0.15) is 5.82 Å². The summed E-state index contributed by atoms with van der Waals surface area (Å²) < 4.78 is 14.6. The Bertz CT molecular complexity index is 400. The molecule has 0 aliphatic heterocycles. The molecule has 1 nitrogen and oxygen atoms in total. The summed E-state index contributed by atoms with van der Waals surface area (Å²) in [5.74, 6) is 0.807. The van der Waals surface area contributed by atoms with Crippen molar-refractivity contribution < 1.29 is 4.39 Å².